The third-order valence-corrected chi connectivity index (χ3v) is 3.25. The number of benzene rings is 1. The number of hydrogen-bond donors (Lipinski definition) is 1. The van der Waals surface area contributed by atoms with Crippen molar-refractivity contribution in [1.29, 1.82) is 0 Å². The molecule has 1 heterocycles. The summed E-state index contributed by atoms with van der Waals surface area (Å²) in [4.78, 5) is 24.3. The molecule has 0 bridgehead atoms. The minimum Gasteiger partial charge on any atom is -0.326 e. The van der Waals surface area contributed by atoms with Crippen LogP contribution in [0.5, 0.6) is 0 Å². The molecule has 2 amide bonds. The van der Waals surface area contributed by atoms with Gasteiger partial charge in [-0.25, -0.2) is 0 Å². The molecule has 0 aliphatic carbocycles. The van der Waals surface area contributed by atoms with Gasteiger partial charge in [0.05, 0.1) is 11.3 Å². The highest BCUT2D eigenvalue weighted by Crippen LogP contribution is 2.36. The smallest absolute Gasteiger partial charge is 0.326 e. The summed E-state index contributed by atoms with van der Waals surface area (Å²) in [5, 5.41) is 0. The number of amides is 2. The van der Waals surface area contributed by atoms with E-state index in [9.17, 15) is 22.8 Å². The van der Waals surface area contributed by atoms with E-state index in [4.69, 9.17) is 5.73 Å². The summed E-state index contributed by atoms with van der Waals surface area (Å²) >= 11 is 0. The Morgan fingerprint density at radius 1 is 1.35 bits per heavy atom. The maximum atomic E-state index is 12.9. The normalized spacial score (nSPS) is 19.9. The molecule has 0 radical (unpaired) electrons. The van der Waals surface area contributed by atoms with Gasteiger partial charge in [0.25, 0.3) is 0 Å². The number of halogens is 3. The van der Waals surface area contributed by atoms with Crippen LogP contribution in [0.3, 0.4) is 0 Å². The molecule has 108 valence electrons. The highest BCUT2D eigenvalue weighted by atomic mass is 19.4. The predicted octanol–water partition coefficient (Wildman–Crippen LogP) is 2.06. The first kappa shape index (κ1) is 14.5. The first-order chi connectivity index (χ1) is 9.25. The average molecular weight is 286 g/mol. The van der Waals surface area contributed by atoms with Crippen LogP contribution in [0.25, 0.3) is 0 Å². The second-order valence-electron chi connectivity index (χ2n) is 4.72. The van der Waals surface area contributed by atoms with E-state index < -0.39 is 29.5 Å². The molecule has 1 aromatic carbocycles. The van der Waals surface area contributed by atoms with Crippen LogP contribution in [0.4, 0.5) is 18.9 Å². The Morgan fingerprint density at radius 3 is 2.45 bits per heavy atom. The Labute approximate surface area is 113 Å². The van der Waals surface area contributed by atoms with E-state index in [1.807, 2.05) is 0 Å². The Hall–Kier alpha value is -1.89. The SMILES string of the molecule is CC1CC(=O)N(c2ccc(CN)c(C(F)(F)F)c2)C1=O. The number of imide groups is 1. The molecule has 1 unspecified atom stereocenters. The lowest BCUT2D eigenvalue weighted by Crippen LogP contribution is -2.30. The predicted molar refractivity (Wildman–Crippen MR) is 65.6 cm³/mol. The third-order valence-electron chi connectivity index (χ3n) is 3.25. The quantitative estimate of drug-likeness (QED) is 0.846. The molecule has 1 saturated heterocycles. The summed E-state index contributed by atoms with van der Waals surface area (Å²) in [6, 6.07) is 3.31. The van der Waals surface area contributed by atoms with Crippen molar-refractivity contribution in [2.75, 3.05) is 4.90 Å². The van der Waals surface area contributed by atoms with Gasteiger partial charge in [-0.1, -0.05) is 13.0 Å². The maximum Gasteiger partial charge on any atom is 0.416 e. The van der Waals surface area contributed by atoms with Crippen LogP contribution in [0.1, 0.15) is 24.5 Å². The summed E-state index contributed by atoms with van der Waals surface area (Å²) in [7, 11) is 0. The van der Waals surface area contributed by atoms with Crippen LogP contribution < -0.4 is 10.6 Å². The van der Waals surface area contributed by atoms with Gasteiger partial charge in [-0.2, -0.15) is 13.2 Å². The number of anilines is 1. The fourth-order valence-corrected chi connectivity index (χ4v) is 2.20. The lowest BCUT2D eigenvalue weighted by atomic mass is 10.1. The van der Waals surface area contributed by atoms with Gasteiger partial charge in [-0.05, 0) is 17.7 Å². The first-order valence-electron chi connectivity index (χ1n) is 6.02. The van der Waals surface area contributed by atoms with Crippen molar-refractivity contribution in [2.24, 2.45) is 11.7 Å². The zero-order chi connectivity index (χ0) is 15.1. The molecular formula is C13H13F3N2O2. The Morgan fingerprint density at radius 2 is 2.00 bits per heavy atom. The van der Waals surface area contributed by atoms with E-state index in [1.54, 1.807) is 6.92 Å². The molecule has 2 N–H and O–H groups in total. The molecule has 1 aliphatic heterocycles. The molecule has 1 aromatic rings. The van der Waals surface area contributed by atoms with Crippen LogP contribution in [-0.4, -0.2) is 11.8 Å². The van der Waals surface area contributed by atoms with Gasteiger partial charge >= 0.3 is 6.18 Å². The lowest BCUT2D eigenvalue weighted by molar-refractivity contribution is -0.138. The number of carbonyl (C=O) groups is 2. The number of nitrogens with two attached hydrogens (primary N) is 1. The number of carbonyl (C=O) groups excluding carboxylic acids is 2. The lowest BCUT2D eigenvalue weighted by Gasteiger charge is -2.18. The van der Waals surface area contributed by atoms with Crippen molar-refractivity contribution >= 4 is 17.5 Å². The Balaban J connectivity index is 2.49. The molecule has 7 heteroatoms. The van der Waals surface area contributed by atoms with Gasteiger partial charge in [0.15, 0.2) is 0 Å². The molecule has 2 rings (SSSR count). The summed E-state index contributed by atoms with van der Waals surface area (Å²) in [5.74, 6) is -1.48. The number of rotatable bonds is 2. The molecule has 20 heavy (non-hydrogen) atoms. The molecular weight excluding hydrogens is 273 g/mol. The summed E-state index contributed by atoms with van der Waals surface area (Å²) in [6.07, 6.45) is -4.57. The zero-order valence-electron chi connectivity index (χ0n) is 10.7. The monoisotopic (exact) mass is 286 g/mol. The van der Waals surface area contributed by atoms with E-state index in [2.05, 4.69) is 0 Å². The molecule has 0 aromatic heterocycles. The van der Waals surface area contributed by atoms with Crippen molar-refractivity contribution in [2.45, 2.75) is 26.1 Å². The van der Waals surface area contributed by atoms with Gasteiger partial charge in [0, 0.05) is 18.9 Å². The Bertz CT molecular complexity index is 569. The van der Waals surface area contributed by atoms with Gasteiger partial charge in [-0.15, -0.1) is 0 Å². The highest BCUT2D eigenvalue weighted by Gasteiger charge is 2.39. The second kappa shape index (κ2) is 4.90. The number of alkyl halides is 3. The summed E-state index contributed by atoms with van der Waals surface area (Å²) in [5.41, 5.74) is 4.22. The topological polar surface area (TPSA) is 63.4 Å². The highest BCUT2D eigenvalue weighted by molar-refractivity contribution is 6.20. The van der Waals surface area contributed by atoms with E-state index in [1.165, 1.54) is 12.1 Å². The van der Waals surface area contributed by atoms with Crippen LogP contribution in [0.2, 0.25) is 0 Å². The minimum absolute atomic E-state index is 0.0127. The van der Waals surface area contributed by atoms with E-state index >= 15 is 0 Å². The molecule has 1 aliphatic rings. The maximum absolute atomic E-state index is 12.9. The van der Waals surface area contributed by atoms with Crippen molar-refractivity contribution in [3.05, 3.63) is 29.3 Å². The second-order valence-corrected chi connectivity index (χ2v) is 4.72. The van der Waals surface area contributed by atoms with Crippen molar-refractivity contribution in [3.8, 4) is 0 Å². The minimum atomic E-state index is -4.58. The van der Waals surface area contributed by atoms with Crippen LogP contribution in [-0.2, 0) is 22.3 Å². The van der Waals surface area contributed by atoms with Gasteiger partial charge in [0.2, 0.25) is 11.8 Å². The Kier molecular flexibility index (Phi) is 3.56. The third kappa shape index (κ3) is 2.40. The molecule has 0 spiro atoms. The standard InChI is InChI=1S/C13H13F3N2O2/c1-7-4-11(19)18(12(7)20)9-3-2-8(6-17)10(5-9)13(14,15)16/h2-3,5,7H,4,6,17H2,1H3. The van der Waals surface area contributed by atoms with Crippen LogP contribution >= 0.6 is 0 Å². The molecule has 4 nitrogen and oxygen atoms in total. The van der Waals surface area contributed by atoms with Crippen LogP contribution in [0.15, 0.2) is 18.2 Å². The average Bonchev–Trinajstić information content (AvgIpc) is 2.61. The van der Waals surface area contributed by atoms with Crippen LogP contribution in [0, 0.1) is 5.92 Å². The van der Waals surface area contributed by atoms with Crippen molar-refractivity contribution in [1.82, 2.24) is 0 Å². The van der Waals surface area contributed by atoms with Gasteiger partial charge in [-0.3, -0.25) is 14.5 Å². The zero-order valence-corrected chi connectivity index (χ0v) is 10.7. The fourth-order valence-electron chi connectivity index (χ4n) is 2.20. The molecule has 1 fully saturated rings. The fraction of sp³-hybridized carbons (Fsp3) is 0.385. The van der Waals surface area contributed by atoms with E-state index in [-0.39, 0.29) is 24.2 Å². The number of hydrogen-bond acceptors (Lipinski definition) is 3. The molecule has 0 saturated carbocycles. The molecule has 1 atom stereocenters. The van der Waals surface area contributed by atoms with Gasteiger partial charge in [0.1, 0.15) is 0 Å². The van der Waals surface area contributed by atoms with E-state index in [0.29, 0.717) is 0 Å². The summed E-state index contributed by atoms with van der Waals surface area (Å²) in [6.45, 7) is 1.30. The largest absolute Gasteiger partial charge is 0.416 e. The van der Waals surface area contributed by atoms with Crippen molar-refractivity contribution < 1.29 is 22.8 Å². The first-order valence-corrected chi connectivity index (χ1v) is 6.02. The van der Waals surface area contributed by atoms with Crippen molar-refractivity contribution in [3.63, 3.8) is 0 Å². The van der Waals surface area contributed by atoms with E-state index in [0.717, 1.165) is 11.0 Å². The van der Waals surface area contributed by atoms with Gasteiger partial charge < -0.3 is 5.73 Å². The summed E-state index contributed by atoms with van der Waals surface area (Å²) < 4.78 is 38.8. The number of nitrogens with zero attached hydrogens (tertiary/aromatic N) is 1.